The van der Waals surface area contributed by atoms with Crippen molar-refractivity contribution in [3.05, 3.63) is 38.9 Å². The van der Waals surface area contributed by atoms with Crippen LogP contribution >= 0.6 is 11.6 Å². The predicted octanol–water partition coefficient (Wildman–Crippen LogP) is 3.02. The molecule has 1 aliphatic rings. The van der Waals surface area contributed by atoms with Crippen LogP contribution in [0.4, 0.5) is 5.69 Å². The Kier molecular flexibility index (Phi) is 5.74. The Balaban J connectivity index is 2.05. The second kappa shape index (κ2) is 7.56. The summed E-state index contributed by atoms with van der Waals surface area (Å²) >= 11 is 6.13. The summed E-state index contributed by atoms with van der Waals surface area (Å²) in [5, 5.41) is 11.4. The van der Waals surface area contributed by atoms with Crippen molar-refractivity contribution in [3.8, 4) is 0 Å². The molecule has 0 spiro atoms. The summed E-state index contributed by atoms with van der Waals surface area (Å²) in [4.78, 5) is 24.4. The molecule has 1 aromatic rings. The third kappa shape index (κ3) is 4.18. The fourth-order valence-electron chi connectivity index (χ4n) is 2.69. The van der Waals surface area contributed by atoms with Gasteiger partial charge in [-0.15, -0.1) is 0 Å². The number of carbonyl (C=O) groups is 1. The minimum atomic E-state index is -0.433. The molecule has 22 heavy (non-hydrogen) atoms. The smallest absolute Gasteiger partial charge is 0.310 e. The van der Waals surface area contributed by atoms with Gasteiger partial charge in [-0.3, -0.25) is 19.8 Å². The molecule has 0 aromatic heterocycles. The van der Waals surface area contributed by atoms with Gasteiger partial charge in [0.25, 0.3) is 5.69 Å². The number of nitro benzene ring substituents is 1. The molecule has 0 N–H and O–H groups in total. The number of rotatable bonds is 5. The zero-order valence-corrected chi connectivity index (χ0v) is 13.2. The molecule has 1 aromatic carbocycles. The van der Waals surface area contributed by atoms with Crippen molar-refractivity contribution in [2.24, 2.45) is 5.92 Å². The average Bonchev–Trinajstić information content (AvgIpc) is 2.50. The lowest BCUT2D eigenvalue weighted by Crippen LogP contribution is -2.39. The lowest BCUT2D eigenvalue weighted by atomic mass is 9.97. The Labute approximate surface area is 134 Å². The lowest BCUT2D eigenvalue weighted by Gasteiger charge is -2.31. The third-order valence-corrected chi connectivity index (χ3v) is 4.13. The van der Waals surface area contributed by atoms with E-state index < -0.39 is 4.92 Å². The van der Waals surface area contributed by atoms with Gasteiger partial charge < -0.3 is 4.74 Å². The standard InChI is InChI=1S/C15H19ClN2O4/c1-2-22-15(19)11-4-3-7-17(9-11)10-12-8-13(18(20)21)5-6-14(12)16/h5-6,8,11H,2-4,7,9-10H2,1H3/t11-/m1/s1. The number of nitro groups is 1. The van der Waals surface area contributed by atoms with E-state index in [-0.39, 0.29) is 17.6 Å². The molecule has 1 atom stereocenters. The molecular formula is C15H19ClN2O4. The Bertz CT molecular complexity index is 564. The summed E-state index contributed by atoms with van der Waals surface area (Å²) in [6, 6.07) is 4.43. The van der Waals surface area contributed by atoms with Gasteiger partial charge in [0.05, 0.1) is 17.4 Å². The molecule has 0 aliphatic carbocycles. The number of likely N-dealkylation sites (tertiary alicyclic amines) is 1. The molecule has 6 nitrogen and oxygen atoms in total. The quantitative estimate of drug-likeness (QED) is 0.472. The van der Waals surface area contributed by atoms with Crippen molar-refractivity contribution in [3.63, 3.8) is 0 Å². The summed E-state index contributed by atoms with van der Waals surface area (Å²) < 4.78 is 5.07. The highest BCUT2D eigenvalue weighted by molar-refractivity contribution is 6.31. The molecule has 2 rings (SSSR count). The molecule has 1 aliphatic heterocycles. The van der Waals surface area contributed by atoms with Crippen molar-refractivity contribution >= 4 is 23.3 Å². The molecule has 1 saturated heterocycles. The highest BCUT2D eigenvalue weighted by Crippen LogP contribution is 2.26. The molecule has 0 saturated carbocycles. The number of esters is 1. The van der Waals surface area contributed by atoms with Crippen LogP contribution in [-0.4, -0.2) is 35.5 Å². The number of halogens is 1. The van der Waals surface area contributed by atoms with Gasteiger partial charge in [0.2, 0.25) is 0 Å². The second-order valence-corrected chi connectivity index (χ2v) is 5.77. The van der Waals surface area contributed by atoms with Gasteiger partial charge in [0.1, 0.15) is 0 Å². The van der Waals surface area contributed by atoms with Gasteiger partial charge in [0.15, 0.2) is 0 Å². The maximum Gasteiger partial charge on any atom is 0.310 e. The van der Waals surface area contributed by atoms with Gasteiger partial charge in [-0.25, -0.2) is 0 Å². The number of benzene rings is 1. The molecule has 0 unspecified atom stereocenters. The van der Waals surface area contributed by atoms with Crippen molar-refractivity contribution in [2.75, 3.05) is 19.7 Å². The van der Waals surface area contributed by atoms with Crippen LogP contribution in [0.5, 0.6) is 0 Å². The van der Waals surface area contributed by atoms with Gasteiger partial charge in [0, 0.05) is 30.2 Å². The van der Waals surface area contributed by atoms with Crippen molar-refractivity contribution in [1.29, 1.82) is 0 Å². The third-order valence-electron chi connectivity index (χ3n) is 3.76. The van der Waals surface area contributed by atoms with Crippen molar-refractivity contribution in [1.82, 2.24) is 4.90 Å². The molecule has 7 heteroatoms. The van der Waals surface area contributed by atoms with Gasteiger partial charge >= 0.3 is 5.97 Å². The predicted molar refractivity (Wildman–Crippen MR) is 82.7 cm³/mol. The largest absolute Gasteiger partial charge is 0.466 e. The first-order valence-corrected chi connectivity index (χ1v) is 7.71. The van der Waals surface area contributed by atoms with E-state index in [1.807, 2.05) is 0 Å². The average molecular weight is 327 g/mol. The molecule has 1 fully saturated rings. The molecule has 120 valence electrons. The van der Waals surface area contributed by atoms with Crippen LogP contribution in [0.1, 0.15) is 25.3 Å². The minimum Gasteiger partial charge on any atom is -0.466 e. The Hall–Kier alpha value is -1.66. The maximum atomic E-state index is 11.8. The fraction of sp³-hybridized carbons (Fsp3) is 0.533. The number of carbonyl (C=O) groups excluding carboxylic acids is 1. The topological polar surface area (TPSA) is 72.7 Å². The summed E-state index contributed by atoms with van der Waals surface area (Å²) in [5.41, 5.74) is 0.735. The van der Waals surface area contributed by atoms with Crippen LogP contribution in [0.25, 0.3) is 0 Å². The van der Waals surface area contributed by atoms with E-state index in [2.05, 4.69) is 4.90 Å². The Morgan fingerprint density at radius 3 is 3.00 bits per heavy atom. The van der Waals surface area contributed by atoms with Gasteiger partial charge in [-0.1, -0.05) is 11.6 Å². The first-order chi connectivity index (χ1) is 10.5. The van der Waals surface area contributed by atoms with E-state index in [4.69, 9.17) is 16.3 Å². The van der Waals surface area contributed by atoms with E-state index in [1.165, 1.54) is 12.1 Å². The molecule has 0 amide bonds. The van der Waals surface area contributed by atoms with Crippen molar-refractivity contribution < 1.29 is 14.5 Å². The van der Waals surface area contributed by atoms with Crippen LogP contribution in [-0.2, 0) is 16.1 Å². The monoisotopic (exact) mass is 326 g/mol. The number of non-ortho nitro benzene ring substituents is 1. The Morgan fingerprint density at radius 2 is 2.32 bits per heavy atom. The summed E-state index contributed by atoms with van der Waals surface area (Å²) in [7, 11) is 0. The SMILES string of the molecule is CCOC(=O)[C@@H]1CCCN(Cc2cc([N+](=O)[O-])ccc2Cl)C1. The number of nitrogens with zero attached hydrogens (tertiary/aromatic N) is 2. The second-order valence-electron chi connectivity index (χ2n) is 5.36. The Morgan fingerprint density at radius 1 is 1.55 bits per heavy atom. The first-order valence-electron chi connectivity index (χ1n) is 7.33. The maximum absolute atomic E-state index is 11.8. The summed E-state index contributed by atoms with van der Waals surface area (Å²) in [5.74, 6) is -0.302. The van der Waals surface area contributed by atoms with E-state index in [1.54, 1.807) is 13.0 Å². The molecule has 1 heterocycles. The van der Waals surface area contributed by atoms with Crippen LogP contribution in [0.3, 0.4) is 0 Å². The van der Waals surface area contributed by atoms with Crippen molar-refractivity contribution in [2.45, 2.75) is 26.3 Å². The van der Waals surface area contributed by atoms with E-state index in [9.17, 15) is 14.9 Å². The summed E-state index contributed by atoms with van der Waals surface area (Å²) in [6.07, 6.45) is 1.72. The molecule has 0 bridgehead atoms. The molecule has 0 radical (unpaired) electrons. The lowest BCUT2D eigenvalue weighted by molar-refractivity contribution is -0.384. The first kappa shape index (κ1) is 16.7. The minimum absolute atomic E-state index is 0.0263. The van der Waals surface area contributed by atoms with E-state index in [0.29, 0.717) is 30.3 Å². The fourth-order valence-corrected chi connectivity index (χ4v) is 2.87. The van der Waals surface area contributed by atoms with Crippen LogP contribution in [0.15, 0.2) is 18.2 Å². The number of hydrogen-bond donors (Lipinski definition) is 0. The van der Waals surface area contributed by atoms with Crippen LogP contribution in [0, 0.1) is 16.0 Å². The summed E-state index contributed by atoms with van der Waals surface area (Å²) in [6.45, 7) is 4.11. The molecular weight excluding hydrogens is 308 g/mol. The number of hydrogen-bond acceptors (Lipinski definition) is 5. The van der Waals surface area contributed by atoms with E-state index in [0.717, 1.165) is 19.4 Å². The zero-order chi connectivity index (χ0) is 16.1. The van der Waals surface area contributed by atoms with Gasteiger partial charge in [-0.05, 0) is 37.9 Å². The van der Waals surface area contributed by atoms with E-state index >= 15 is 0 Å². The number of ether oxygens (including phenoxy) is 1. The zero-order valence-electron chi connectivity index (χ0n) is 12.5. The van der Waals surface area contributed by atoms with Crippen LogP contribution < -0.4 is 0 Å². The number of piperidine rings is 1. The highest BCUT2D eigenvalue weighted by Gasteiger charge is 2.27. The van der Waals surface area contributed by atoms with Gasteiger partial charge in [-0.2, -0.15) is 0 Å². The highest BCUT2D eigenvalue weighted by atomic mass is 35.5. The van der Waals surface area contributed by atoms with Crippen LogP contribution in [0.2, 0.25) is 5.02 Å². The normalized spacial score (nSPS) is 18.9.